The minimum Gasteiger partial charge on any atom is -0.497 e. The average Bonchev–Trinajstić information content (AvgIpc) is 3.54. The van der Waals surface area contributed by atoms with Gasteiger partial charge in [0.15, 0.2) is 0 Å². The van der Waals surface area contributed by atoms with Gasteiger partial charge in [-0.1, -0.05) is 17.3 Å². The highest BCUT2D eigenvalue weighted by atomic mass is 19.1. The first-order valence-electron chi connectivity index (χ1n) is 10.6. The zero-order valence-electron chi connectivity index (χ0n) is 18.5. The Morgan fingerprint density at radius 1 is 1.12 bits per heavy atom. The molecule has 0 radical (unpaired) electrons. The summed E-state index contributed by atoms with van der Waals surface area (Å²) in [5.74, 6) is 1.61. The van der Waals surface area contributed by atoms with Crippen LogP contribution in [0.5, 0.6) is 5.75 Å². The Kier molecular flexibility index (Phi) is 5.59. The van der Waals surface area contributed by atoms with E-state index in [1.807, 2.05) is 31.2 Å². The van der Waals surface area contributed by atoms with Crippen LogP contribution in [0.25, 0.3) is 17.0 Å². The van der Waals surface area contributed by atoms with Gasteiger partial charge in [-0.25, -0.2) is 9.18 Å². The highest BCUT2D eigenvalue weighted by molar-refractivity contribution is 5.86. The van der Waals surface area contributed by atoms with Gasteiger partial charge in [-0.15, -0.1) is 0 Å². The number of nitrogens with zero attached hydrogens (tertiary/aromatic N) is 3. The molecule has 1 N–H and O–H groups in total. The van der Waals surface area contributed by atoms with Gasteiger partial charge in [0.05, 0.1) is 31.5 Å². The molecule has 1 atom stereocenters. The molecule has 9 heteroatoms. The zero-order valence-corrected chi connectivity index (χ0v) is 18.5. The molecule has 1 aliphatic rings. The molecule has 3 heterocycles. The smallest absolute Gasteiger partial charge is 0.322 e. The Hall–Kier alpha value is -4.40. The highest BCUT2D eigenvalue weighted by Gasteiger charge is 2.36. The average molecular weight is 460 g/mol. The summed E-state index contributed by atoms with van der Waals surface area (Å²) >= 11 is 0. The van der Waals surface area contributed by atoms with E-state index in [0.29, 0.717) is 34.2 Å². The molecule has 2 aromatic heterocycles. The molecule has 1 aliphatic heterocycles. The third kappa shape index (κ3) is 4.03. The molecule has 0 bridgehead atoms. The Morgan fingerprint density at radius 3 is 2.56 bits per heavy atom. The van der Waals surface area contributed by atoms with E-state index < -0.39 is 6.04 Å². The molecule has 172 valence electrons. The molecule has 2 amide bonds. The molecular weight excluding hydrogens is 439 g/mol. The van der Waals surface area contributed by atoms with Gasteiger partial charge in [0.1, 0.15) is 17.3 Å². The van der Waals surface area contributed by atoms with Crippen molar-refractivity contribution in [3.63, 3.8) is 0 Å². The second-order valence-corrected chi connectivity index (χ2v) is 7.75. The summed E-state index contributed by atoms with van der Waals surface area (Å²) in [6.07, 6.45) is 1.55. The van der Waals surface area contributed by atoms with Crippen molar-refractivity contribution < 1.29 is 22.9 Å². The summed E-state index contributed by atoms with van der Waals surface area (Å²) in [4.78, 5) is 19.2. The van der Waals surface area contributed by atoms with Crippen molar-refractivity contribution in [2.75, 3.05) is 7.11 Å². The second-order valence-electron chi connectivity index (χ2n) is 7.75. The summed E-state index contributed by atoms with van der Waals surface area (Å²) in [5.41, 5.74) is 2.68. The lowest BCUT2D eigenvalue weighted by molar-refractivity contribution is 0.199. The first-order valence-corrected chi connectivity index (χ1v) is 10.6. The molecule has 4 aromatic rings. The number of allylic oxidation sites excluding steroid dienone is 1. The Balaban J connectivity index is 1.58. The van der Waals surface area contributed by atoms with Gasteiger partial charge in [-0.2, -0.15) is 4.98 Å². The maximum absolute atomic E-state index is 13.6. The number of benzene rings is 2. The Morgan fingerprint density at radius 2 is 1.88 bits per heavy atom. The van der Waals surface area contributed by atoms with E-state index >= 15 is 0 Å². The number of hydrogen-bond donors (Lipinski definition) is 1. The van der Waals surface area contributed by atoms with Crippen molar-refractivity contribution in [1.82, 2.24) is 20.4 Å². The normalized spacial score (nSPS) is 16.0. The lowest BCUT2D eigenvalue weighted by atomic mass is 9.94. The van der Waals surface area contributed by atoms with Crippen molar-refractivity contribution in [2.24, 2.45) is 0 Å². The van der Waals surface area contributed by atoms with Crippen LogP contribution in [0.15, 0.2) is 81.6 Å². The number of ether oxygens (including phenoxy) is 1. The molecule has 1 unspecified atom stereocenters. The predicted octanol–water partition coefficient (Wildman–Crippen LogP) is 5.18. The fourth-order valence-electron chi connectivity index (χ4n) is 3.90. The molecule has 5 rings (SSSR count). The van der Waals surface area contributed by atoms with E-state index in [0.717, 1.165) is 5.56 Å². The van der Waals surface area contributed by atoms with Gasteiger partial charge in [-0.3, -0.25) is 4.90 Å². The molecule has 0 spiro atoms. The van der Waals surface area contributed by atoms with Crippen LogP contribution in [0, 0.1) is 5.82 Å². The van der Waals surface area contributed by atoms with Crippen LogP contribution in [-0.2, 0) is 6.54 Å². The number of aromatic nitrogens is 2. The number of nitrogens with one attached hydrogen (secondary N) is 1. The van der Waals surface area contributed by atoms with E-state index in [9.17, 15) is 9.18 Å². The number of carbonyl (C=O) groups is 1. The highest BCUT2D eigenvalue weighted by Crippen LogP contribution is 2.38. The SMILES string of the molecule is COc1ccc(-c2noc(C3=C(C)N(Cc4ccco4)C(=O)NC3c3ccc(F)cc3)n2)cc1. The van der Waals surface area contributed by atoms with Gasteiger partial charge >= 0.3 is 6.03 Å². The van der Waals surface area contributed by atoms with Crippen molar-refractivity contribution in [3.05, 3.63) is 95.7 Å². The van der Waals surface area contributed by atoms with Crippen LogP contribution in [0.4, 0.5) is 9.18 Å². The van der Waals surface area contributed by atoms with E-state index in [4.69, 9.17) is 13.7 Å². The standard InChI is InChI=1S/C25H21FN4O4/c1-15-21(24-28-23(29-34-24)17-7-11-19(32-2)12-8-17)22(16-5-9-18(26)10-6-16)27-25(31)30(15)14-20-4-3-13-33-20/h3-13,22H,14H2,1-2H3,(H,27,31). The molecule has 34 heavy (non-hydrogen) atoms. The van der Waals surface area contributed by atoms with Gasteiger partial charge in [-0.05, 0) is 61.0 Å². The van der Waals surface area contributed by atoms with Crippen LogP contribution in [0.3, 0.4) is 0 Å². The molecule has 0 aliphatic carbocycles. The lowest BCUT2D eigenvalue weighted by Crippen LogP contribution is -2.45. The van der Waals surface area contributed by atoms with Crippen LogP contribution >= 0.6 is 0 Å². The maximum atomic E-state index is 13.6. The summed E-state index contributed by atoms with van der Waals surface area (Å²) in [7, 11) is 1.60. The largest absolute Gasteiger partial charge is 0.497 e. The fourth-order valence-corrected chi connectivity index (χ4v) is 3.90. The molecule has 0 saturated carbocycles. The fraction of sp³-hybridized carbons (Fsp3) is 0.160. The monoisotopic (exact) mass is 460 g/mol. The Bertz CT molecular complexity index is 1330. The lowest BCUT2D eigenvalue weighted by Gasteiger charge is -2.34. The van der Waals surface area contributed by atoms with Crippen molar-refractivity contribution in [3.8, 4) is 17.1 Å². The van der Waals surface area contributed by atoms with Crippen LogP contribution in [0.2, 0.25) is 0 Å². The minimum atomic E-state index is -0.606. The molecule has 0 fully saturated rings. The quantitative estimate of drug-likeness (QED) is 0.426. The van der Waals surface area contributed by atoms with Crippen LogP contribution < -0.4 is 10.1 Å². The van der Waals surface area contributed by atoms with Gasteiger partial charge in [0.25, 0.3) is 5.89 Å². The first-order chi connectivity index (χ1) is 16.5. The van der Waals surface area contributed by atoms with E-state index in [-0.39, 0.29) is 24.3 Å². The third-order valence-corrected chi connectivity index (χ3v) is 5.70. The number of hydrogen-bond acceptors (Lipinski definition) is 6. The van der Waals surface area contributed by atoms with Gasteiger partial charge in [0.2, 0.25) is 5.82 Å². The third-order valence-electron chi connectivity index (χ3n) is 5.70. The van der Waals surface area contributed by atoms with Crippen molar-refractivity contribution >= 4 is 11.6 Å². The first kappa shape index (κ1) is 21.4. The molecule has 0 saturated heterocycles. The Labute approximate surface area is 194 Å². The maximum Gasteiger partial charge on any atom is 0.322 e. The van der Waals surface area contributed by atoms with Crippen molar-refractivity contribution in [2.45, 2.75) is 19.5 Å². The number of furan rings is 1. The van der Waals surface area contributed by atoms with Crippen LogP contribution in [-0.4, -0.2) is 28.2 Å². The summed E-state index contributed by atoms with van der Waals surface area (Å²) in [5, 5.41) is 7.12. The number of urea groups is 1. The number of halogens is 1. The number of amides is 2. The van der Waals surface area contributed by atoms with Crippen molar-refractivity contribution in [1.29, 1.82) is 0 Å². The predicted molar refractivity (Wildman–Crippen MR) is 121 cm³/mol. The summed E-state index contributed by atoms with van der Waals surface area (Å²) in [6, 6.07) is 15.8. The summed E-state index contributed by atoms with van der Waals surface area (Å²) < 4.78 is 29.9. The molecular formula is C25H21FN4O4. The van der Waals surface area contributed by atoms with Crippen LogP contribution in [0.1, 0.15) is 30.2 Å². The topological polar surface area (TPSA) is 93.6 Å². The molecule has 2 aromatic carbocycles. The number of rotatable bonds is 6. The van der Waals surface area contributed by atoms with Gasteiger partial charge < -0.3 is 19.0 Å². The molecule has 8 nitrogen and oxygen atoms in total. The van der Waals surface area contributed by atoms with E-state index in [2.05, 4.69) is 15.5 Å². The second kappa shape index (κ2) is 8.86. The summed E-state index contributed by atoms with van der Waals surface area (Å²) in [6.45, 7) is 2.04. The number of carbonyl (C=O) groups excluding carboxylic acids is 1. The van der Waals surface area contributed by atoms with E-state index in [1.54, 1.807) is 42.5 Å². The minimum absolute atomic E-state index is 0.226. The zero-order chi connectivity index (χ0) is 23.7. The van der Waals surface area contributed by atoms with E-state index in [1.165, 1.54) is 12.1 Å². The van der Waals surface area contributed by atoms with Gasteiger partial charge in [0, 0.05) is 11.3 Å². The number of methoxy groups -OCH3 is 1.